The van der Waals surface area contributed by atoms with Crippen LogP contribution in [0.2, 0.25) is 0 Å². The minimum Gasteiger partial charge on any atom is -0.354 e. The van der Waals surface area contributed by atoms with Crippen LogP contribution in [0.1, 0.15) is 0 Å². The minimum atomic E-state index is 1.19. The zero-order valence-corrected chi connectivity index (χ0v) is 14.7. The molecule has 0 spiro atoms. The molecule has 6 rings (SSSR count). The summed E-state index contributed by atoms with van der Waals surface area (Å²) in [4.78, 5) is 3.70. The highest BCUT2D eigenvalue weighted by atomic mass is 14.7. The molecule has 1 heteroatoms. The Morgan fingerprint density at radius 1 is 0.444 bits per heavy atom. The van der Waals surface area contributed by atoms with E-state index >= 15 is 0 Å². The number of hydrogen-bond acceptors (Lipinski definition) is 0. The average molecular weight is 343 g/mol. The summed E-state index contributed by atoms with van der Waals surface area (Å²) in [5.74, 6) is 0. The Balaban J connectivity index is 1.74. The topological polar surface area (TPSA) is 15.8 Å². The molecule has 0 saturated heterocycles. The number of hydrogen-bond donors (Lipinski definition) is 1. The van der Waals surface area contributed by atoms with E-state index in [2.05, 4.69) is 102 Å². The molecule has 0 unspecified atom stereocenters. The predicted molar refractivity (Wildman–Crippen MR) is 116 cm³/mol. The summed E-state index contributed by atoms with van der Waals surface area (Å²) in [6, 6.07) is 34.9. The third-order valence-corrected chi connectivity index (χ3v) is 5.58. The van der Waals surface area contributed by atoms with Gasteiger partial charge in [0.1, 0.15) is 0 Å². The summed E-state index contributed by atoms with van der Waals surface area (Å²) in [6.45, 7) is 0. The first-order chi connectivity index (χ1) is 13.4. The van der Waals surface area contributed by atoms with Crippen LogP contribution in [0, 0.1) is 0 Å². The Morgan fingerprint density at radius 3 is 1.96 bits per heavy atom. The van der Waals surface area contributed by atoms with E-state index in [0.717, 1.165) is 0 Å². The van der Waals surface area contributed by atoms with Gasteiger partial charge in [-0.15, -0.1) is 0 Å². The van der Waals surface area contributed by atoms with Crippen molar-refractivity contribution in [3.05, 3.63) is 97.1 Å². The summed E-state index contributed by atoms with van der Waals surface area (Å²) < 4.78 is 0. The van der Waals surface area contributed by atoms with E-state index in [9.17, 15) is 0 Å². The van der Waals surface area contributed by atoms with Crippen molar-refractivity contribution >= 4 is 43.4 Å². The number of rotatable bonds is 1. The van der Waals surface area contributed by atoms with Crippen molar-refractivity contribution in [2.24, 2.45) is 0 Å². The second-order valence-corrected chi connectivity index (χ2v) is 7.12. The fourth-order valence-corrected chi connectivity index (χ4v) is 4.30. The number of benzene rings is 5. The molecule has 6 aromatic rings. The summed E-state index contributed by atoms with van der Waals surface area (Å²) in [5, 5.41) is 7.67. The van der Waals surface area contributed by atoms with Gasteiger partial charge in [0.2, 0.25) is 0 Å². The molecule has 0 saturated carbocycles. The predicted octanol–water partition coefficient (Wildman–Crippen LogP) is 7.29. The van der Waals surface area contributed by atoms with Gasteiger partial charge in [-0.05, 0) is 39.2 Å². The molecule has 0 fully saturated rings. The van der Waals surface area contributed by atoms with Crippen LogP contribution in [-0.4, -0.2) is 4.98 Å². The lowest BCUT2D eigenvalue weighted by atomic mass is 9.96. The summed E-state index contributed by atoms with van der Waals surface area (Å²) in [7, 11) is 0. The molecule has 0 bridgehead atoms. The van der Waals surface area contributed by atoms with Gasteiger partial charge in [-0.3, -0.25) is 0 Å². The van der Waals surface area contributed by atoms with E-state index < -0.39 is 0 Å². The van der Waals surface area contributed by atoms with E-state index in [4.69, 9.17) is 0 Å². The van der Waals surface area contributed by atoms with Crippen molar-refractivity contribution in [2.75, 3.05) is 0 Å². The largest absolute Gasteiger partial charge is 0.354 e. The molecule has 0 aliphatic carbocycles. The zero-order valence-electron chi connectivity index (χ0n) is 14.7. The van der Waals surface area contributed by atoms with Crippen LogP contribution < -0.4 is 0 Å². The number of nitrogens with one attached hydrogen (secondary N) is 1. The van der Waals surface area contributed by atoms with Crippen LogP contribution >= 0.6 is 0 Å². The first-order valence-electron chi connectivity index (χ1n) is 9.30. The monoisotopic (exact) mass is 343 g/mol. The summed E-state index contributed by atoms with van der Waals surface area (Å²) in [5.41, 5.74) is 4.93. The molecule has 0 radical (unpaired) electrons. The average Bonchev–Trinajstić information content (AvgIpc) is 3.09. The van der Waals surface area contributed by atoms with Crippen molar-refractivity contribution < 1.29 is 0 Å². The van der Waals surface area contributed by atoms with Crippen molar-refractivity contribution in [3.63, 3.8) is 0 Å². The molecule has 126 valence electrons. The van der Waals surface area contributed by atoms with E-state index in [-0.39, 0.29) is 0 Å². The number of para-hydroxylation sites is 1. The Hall–Kier alpha value is -3.58. The van der Waals surface area contributed by atoms with Gasteiger partial charge in [0, 0.05) is 21.9 Å². The van der Waals surface area contributed by atoms with E-state index in [0.29, 0.717) is 0 Å². The molecular weight excluding hydrogens is 326 g/mol. The molecule has 1 nitrogen and oxygen atoms in total. The van der Waals surface area contributed by atoms with Gasteiger partial charge in [0.15, 0.2) is 0 Å². The van der Waals surface area contributed by atoms with Crippen molar-refractivity contribution in [3.8, 4) is 11.1 Å². The second kappa shape index (κ2) is 5.46. The molecule has 0 atom stereocenters. The smallest absolute Gasteiger partial charge is 0.0544 e. The second-order valence-electron chi connectivity index (χ2n) is 7.12. The van der Waals surface area contributed by atoms with Gasteiger partial charge in [0.25, 0.3) is 0 Å². The molecule has 0 amide bonds. The molecule has 0 aliphatic heterocycles. The maximum atomic E-state index is 3.70. The van der Waals surface area contributed by atoms with E-state index in [1.165, 1.54) is 54.5 Å². The number of aromatic nitrogens is 1. The van der Waals surface area contributed by atoms with Crippen LogP contribution in [0.3, 0.4) is 0 Å². The first-order valence-corrected chi connectivity index (χ1v) is 9.30. The molecule has 5 aromatic carbocycles. The summed E-state index contributed by atoms with van der Waals surface area (Å²) in [6.07, 6.45) is 0. The highest BCUT2D eigenvalue weighted by Crippen LogP contribution is 2.37. The number of fused-ring (bicyclic) bond motifs is 5. The Morgan fingerprint density at radius 2 is 1.07 bits per heavy atom. The number of H-pyrrole nitrogens is 1. The SMILES string of the molecule is c1ccc2cc3c(cc2c1)[nH]c1c(-c2cccc4ccccc24)cccc13. The third-order valence-electron chi connectivity index (χ3n) is 5.58. The molecular formula is C26H17N. The van der Waals surface area contributed by atoms with Gasteiger partial charge < -0.3 is 4.98 Å². The van der Waals surface area contributed by atoms with Gasteiger partial charge in [0.05, 0.1) is 5.52 Å². The molecule has 1 N–H and O–H groups in total. The minimum absolute atomic E-state index is 1.19. The van der Waals surface area contributed by atoms with Gasteiger partial charge in [-0.1, -0.05) is 84.9 Å². The molecule has 1 heterocycles. The van der Waals surface area contributed by atoms with Crippen molar-refractivity contribution in [1.82, 2.24) is 4.98 Å². The van der Waals surface area contributed by atoms with Crippen LogP contribution in [0.5, 0.6) is 0 Å². The lowest BCUT2D eigenvalue weighted by Crippen LogP contribution is -1.83. The lowest BCUT2D eigenvalue weighted by molar-refractivity contribution is 1.55. The third kappa shape index (κ3) is 2.12. The van der Waals surface area contributed by atoms with E-state index in [1.54, 1.807) is 0 Å². The zero-order chi connectivity index (χ0) is 17.8. The fourth-order valence-electron chi connectivity index (χ4n) is 4.30. The fraction of sp³-hybridized carbons (Fsp3) is 0. The summed E-state index contributed by atoms with van der Waals surface area (Å²) >= 11 is 0. The molecule has 0 aliphatic rings. The van der Waals surface area contributed by atoms with Crippen LogP contribution in [0.15, 0.2) is 97.1 Å². The van der Waals surface area contributed by atoms with Gasteiger partial charge in [-0.2, -0.15) is 0 Å². The molecule has 27 heavy (non-hydrogen) atoms. The highest BCUT2D eigenvalue weighted by molar-refractivity contribution is 6.16. The first kappa shape index (κ1) is 14.6. The van der Waals surface area contributed by atoms with Crippen LogP contribution in [0.4, 0.5) is 0 Å². The normalized spacial score (nSPS) is 11.7. The Bertz CT molecular complexity index is 1460. The maximum absolute atomic E-state index is 3.70. The highest BCUT2D eigenvalue weighted by Gasteiger charge is 2.12. The standard InChI is InChI=1S/C26H17N/c1-2-9-19-16-25-24(15-18(19)8-1)23-14-6-13-22(26(23)27-25)21-12-5-10-17-7-3-4-11-20(17)21/h1-16,27H. The van der Waals surface area contributed by atoms with E-state index in [1.807, 2.05) is 0 Å². The van der Waals surface area contributed by atoms with Gasteiger partial charge >= 0.3 is 0 Å². The lowest BCUT2D eigenvalue weighted by Gasteiger charge is -2.08. The Labute approximate surface area is 156 Å². The quantitative estimate of drug-likeness (QED) is 0.322. The number of aromatic amines is 1. The van der Waals surface area contributed by atoms with Crippen molar-refractivity contribution in [1.29, 1.82) is 0 Å². The maximum Gasteiger partial charge on any atom is 0.0544 e. The van der Waals surface area contributed by atoms with Gasteiger partial charge in [-0.25, -0.2) is 0 Å². The van der Waals surface area contributed by atoms with Crippen LogP contribution in [0.25, 0.3) is 54.5 Å². The van der Waals surface area contributed by atoms with Crippen molar-refractivity contribution in [2.45, 2.75) is 0 Å². The molecule has 1 aromatic heterocycles. The Kier molecular flexibility index (Phi) is 2.95. The van der Waals surface area contributed by atoms with Crippen LogP contribution in [-0.2, 0) is 0 Å².